The minimum Gasteiger partial charge on any atom is -0.355 e. The summed E-state index contributed by atoms with van der Waals surface area (Å²) in [7, 11) is 1.48. The summed E-state index contributed by atoms with van der Waals surface area (Å²) in [5, 5.41) is 5.25. The molecule has 0 aliphatic rings. The van der Waals surface area contributed by atoms with Crippen LogP contribution in [-0.2, 0) is 0 Å². The maximum atomic E-state index is 12.4. The Labute approximate surface area is 150 Å². The Hall–Kier alpha value is -3.67. The Morgan fingerprint density at radius 3 is 2.19 bits per heavy atom. The fraction of sp³-hybridized carbons (Fsp3) is 0.0500. The Bertz CT molecular complexity index is 993. The Balaban J connectivity index is 1.83. The van der Waals surface area contributed by atoms with Gasteiger partial charge in [-0.15, -0.1) is 0 Å². The molecule has 0 unspecified atom stereocenters. The fourth-order valence-electron chi connectivity index (χ4n) is 2.50. The minimum atomic E-state index is -0.434. The minimum absolute atomic E-state index is 0.0662. The number of hydrogen-bond donors (Lipinski definition) is 2. The molecule has 0 radical (unpaired) electrons. The number of anilines is 1. The third-order valence-electron chi connectivity index (χ3n) is 3.86. The van der Waals surface area contributed by atoms with Gasteiger partial charge in [-0.05, 0) is 48.5 Å². The highest BCUT2D eigenvalue weighted by Crippen LogP contribution is 2.13. The molecule has 1 heterocycles. The van der Waals surface area contributed by atoms with Crippen LogP contribution in [0.4, 0.5) is 5.69 Å². The number of aromatic nitrogens is 1. The highest BCUT2D eigenvalue weighted by atomic mass is 16.2. The van der Waals surface area contributed by atoms with Crippen LogP contribution in [0.25, 0.3) is 5.69 Å². The summed E-state index contributed by atoms with van der Waals surface area (Å²) in [6, 6.07) is 18.8. The van der Waals surface area contributed by atoms with Gasteiger partial charge in [-0.25, -0.2) is 0 Å². The molecule has 6 heteroatoms. The second kappa shape index (κ2) is 7.48. The van der Waals surface area contributed by atoms with Gasteiger partial charge in [-0.3, -0.25) is 19.0 Å². The van der Waals surface area contributed by atoms with E-state index in [0.717, 1.165) is 0 Å². The maximum Gasteiger partial charge on any atom is 0.267 e. The lowest BCUT2D eigenvalue weighted by atomic mass is 10.2. The van der Waals surface area contributed by atoms with Crippen LogP contribution >= 0.6 is 0 Å². The summed E-state index contributed by atoms with van der Waals surface area (Å²) in [5.41, 5.74) is 1.42. The average Bonchev–Trinajstić information content (AvgIpc) is 2.69. The molecule has 0 saturated heterocycles. The molecule has 1 aromatic heterocycles. The van der Waals surface area contributed by atoms with Crippen LogP contribution in [-0.4, -0.2) is 23.4 Å². The normalized spacial score (nSPS) is 10.2. The van der Waals surface area contributed by atoms with Gasteiger partial charge < -0.3 is 10.6 Å². The Kier molecular flexibility index (Phi) is 4.94. The Morgan fingerprint density at radius 1 is 0.846 bits per heavy atom. The van der Waals surface area contributed by atoms with Crippen molar-refractivity contribution < 1.29 is 9.59 Å². The molecular weight excluding hydrogens is 330 g/mol. The molecule has 0 aliphatic heterocycles. The predicted octanol–water partition coefficient (Wildman–Crippen LogP) is 2.45. The van der Waals surface area contributed by atoms with Crippen molar-refractivity contribution in [3.63, 3.8) is 0 Å². The monoisotopic (exact) mass is 347 g/mol. The van der Waals surface area contributed by atoms with Gasteiger partial charge in [-0.2, -0.15) is 0 Å². The lowest BCUT2D eigenvalue weighted by molar-refractivity contribution is 0.0960. The van der Waals surface area contributed by atoms with E-state index in [4.69, 9.17) is 0 Å². The zero-order valence-electron chi connectivity index (χ0n) is 14.1. The zero-order chi connectivity index (χ0) is 18.5. The number of rotatable bonds is 4. The van der Waals surface area contributed by atoms with Gasteiger partial charge in [-0.1, -0.05) is 18.2 Å². The van der Waals surface area contributed by atoms with Gasteiger partial charge in [0.1, 0.15) is 5.56 Å². The molecule has 0 aliphatic carbocycles. The van der Waals surface area contributed by atoms with Gasteiger partial charge in [0.2, 0.25) is 0 Å². The van der Waals surface area contributed by atoms with Gasteiger partial charge in [0.05, 0.1) is 0 Å². The van der Waals surface area contributed by atoms with Gasteiger partial charge in [0.15, 0.2) is 0 Å². The number of carbonyl (C=O) groups is 2. The van der Waals surface area contributed by atoms with E-state index in [1.807, 2.05) is 6.07 Å². The Morgan fingerprint density at radius 2 is 1.54 bits per heavy atom. The summed E-state index contributed by atoms with van der Waals surface area (Å²) >= 11 is 0. The third kappa shape index (κ3) is 3.54. The molecule has 0 spiro atoms. The summed E-state index contributed by atoms with van der Waals surface area (Å²) in [5.74, 6) is -0.645. The van der Waals surface area contributed by atoms with Gasteiger partial charge >= 0.3 is 0 Å². The highest BCUT2D eigenvalue weighted by molar-refractivity contribution is 6.04. The second-order valence-corrected chi connectivity index (χ2v) is 5.54. The fourth-order valence-corrected chi connectivity index (χ4v) is 2.50. The second-order valence-electron chi connectivity index (χ2n) is 5.54. The predicted molar refractivity (Wildman–Crippen MR) is 99.8 cm³/mol. The van der Waals surface area contributed by atoms with Gasteiger partial charge in [0.25, 0.3) is 17.4 Å². The summed E-state index contributed by atoms with van der Waals surface area (Å²) in [6.07, 6.45) is 1.59. The molecule has 3 aromatic rings. The van der Waals surface area contributed by atoms with Crippen molar-refractivity contribution in [2.24, 2.45) is 0 Å². The first kappa shape index (κ1) is 17.2. The van der Waals surface area contributed by atoms with Crippen LogP contribution < -0.4 is 16.2 Å². The lowest BCUT2D eigenvalue weighted by Gasteiger charge is -2.09. The number of pyridine rings is 1. The molecule has 2 aromatic carbocycles. The van der Waals surface area contributed by atoms with Crippen LogP contribution in [0.2, 0.25) is 0 Å². The molecule has 0 fully saturated rings. The van der Waals surface area contributed by atoms with Crippen molar-refractivity contribution in [2.45, 2.75) is 0 Å². The van der Waals surface area contributed by atoms with Crippen molar-refractivity contribution in [3.05, 3.63) is 94.4 Å². The van der Waals surface area contributed by atoms with E-state index in [2.05, 4.69) is 10.6 Å². The molecular formula is C20H17N3O3. The van der Waals surface area contributed by atoms with Crippen LogP contribution in [0.1, 0.15) is 20.7 Å². The number of nitrogens with one attached hydrogen (secondary N) is 2. The maximum absolute atomic E-state index is 12.4. The van der Waals surface area contributed by atoms with Crippen LogP contribution in [0.3, 0.4) is 0 Å². The number of nitrogens with zero attached hydrogens (tertiary/aromatic N) is 1. The first-order valence-electron chi connectivity index (χ1n) is 8.01. The van der Waals surface area contributed by atoms with E-state index in [9.17, 15) is 14.4 Å². The van der Waals surface area contributed by atoms with E-state index < -0.39 is 11.5 Å². The SMILES string of the molecule is CNC(=O)c1cccn(-c2ccc(NC(=O)c3ccccc3)cc2)c1=O. The van der Waals surface area contributed by atoms with E-state index in [0.29, 0.717) is 16.9 Å². The zero-order valence-corrected chi connectivity index (χ0v) is 14.1. The lowest BCUT2D eigenvalue weighted by Crippen LogP contribution is -2.30. The third-order valence-corrected chi connectivity index (χ3v) is 3.86. The number of carbonyl (C=O) groups excluding carboxylic acids is 2. The van der Waals surface area contributed by atoms with Gasteiger partial charge in [0, 0.05) is 30.2 Å². The molecule has 26 heavy (non-hydrogen) atoms. The van der Waals surface area contributed by atoms with Crippen LogP contribution in [0, 0.1) is 0 Å². The summed E-state index contributed by atoms with van der Waals surface area (Å²) < 4.78 is 1.38. The standard InChI is InChI=1S/C20H17N3O3/c1-21-19(25)17-8-5-13-23(20(17)26)16-11-9-15(10-12-16)22-18(24)14-6-3-2-4-7-14/h2-13H,1H3,(H,21,25)(H,22,24). The van der Waals surface area contributed by atoms with Crippen molar-refractivity contribution >= 4 is 17.5 Å². The molecule has 0 atom stereocenters. The first-order valence-corrected chi connectivity index (χ1v) is 8.01. The number of benzene rings is 2. The van der Waals surface area contributed by atoms with Crippen molar-refractivity contribution in [1.29, 1.82) is 0 Å². The molecule has 2 N–H and O–H groups in total. The molecule has 0 bridgehead atoms. The summed E-state index contributed by atoms with van der Waals surface area (Å²) in [4.78, 5) is 36.4. The number of amides is 2. The van der Waals surface area contributed by atoms with Crippen molar-refractivity contribution in [2.75, 3.05) is 12.4 Å². The van der Waals surface area contributed by atoms with E-state index in [1.165, 1.54) is 17.7 Å². The average molecular weight is 347 g/mol. The van der Waals surface area contributed by atoms with Crippen LogP contribution in [0.5, 0.6) is 0 Å². The van der Waals surface area contributed by atoms with Crippen molar-refractivity contribution in [1.82, 2.24) is 9.88 Å². The molecule has 2 amide bonds. The highest BCUT2D eigenvalue weighted by Gasteiger charge is 2.11. The molecule has 3 rings (SSSR count). The van der Waals surface area contributed by atoms with E-state index >= 15 is 0 Å². The van der Waals surface area contributed by atoms with Crippen molar-refractivity contribution in [3.8, 4) is 5.69 Å². The number of hydrogen-bond acceptors (Lipinski definition) is 3. The molecule has 130 valence electrons. The molecule has 6 nitrogen and oxygen atoms in total. The van der Waals surface area contributed by atoms with E-state index in [1.54, 1.807) is 60.8 Å². The topological polar surface area (TPSA) is 80.2 Å². The first-order chi connectivity index (χ1) is 12.6. The van der Waals surface area contributed by atoms with Crippen LogP contribution in [0.15, 0.2) is 77.7 Å². The largest absolute Gasteiger partial charge is 0.355 e. The summed E-state index contributed by atoms with van der Waals surface area (Å²) in [6.45, 7) is 0. The quantitative estimate of drug-likeness (QED) is 0.761. The smallest absolute Gasteiger partial charge is 0.267 e. The molecule has 0 saturated carbocycles. The van der Waals surface area contributed by atoms with E-state index in [-0.39, 0.29) is 11.5 Å².